The lowest BCUT2D eigenvalue weighted by molar-refractivity contribution is 0.139. The van der Waals surface area contributed by atoms with E-state index in [1.54, 1.807) is 0 Å². The van der Waals surface area contributed by atoms with Crippen molar-refractivity contribution < 1.29 is 4.74 Å². The van der Waals surface area contributed by atoms with Crippen molar-refractivity contribution in [2.45, 2.75) is 11.8 Å². The molecule has 2 fully saturated rings. The zero-order valence-corrected chi connectivity index (χ0v) is 10.2. The first kappa shape index (κ1) is 11.6. The van der Waals surface area contributed by atoms with E-state index in [2.05, 4.69) is 16.8 Å². The Morgan fingerprint density at radius 2 is 2.20 bits per heavy atom. The van der Waals surface area contributed by atoms with Gasteiger partial charge >= 0.3 is 0 Å². The fraction of sp³-hybridized carbons (Fsp3) is 1.00. The van der Waals surface area contributed by atoms with Crippen molar-refractivity contribution in [2.24, 2.45) is 5.92 Å². The van der Waals surface area contributed by atoms with Gasteiger partial charge in [0.05, 0.1) is 18.6 Å². The van der Waals surface area contributed by atoms with Crippen molar-refractivity contribution in [3.05, 3.63) is 0 Å². The number of ether oxygens (including phenoxy) is 1. The number of alkyl halides is 1. The average Bonchev–Trinajstić information content (AvgIpc) is 2.46. The third-order valence-electron chi connectivity index (χ3n) is 3.31. The SMILES string of the molecule is CN1CCC(CN2CCOCC(Cl)C2)C1. The molecule has 0 spiro atoms. The van der Waals surface area contributed by atoms with Crippen LogP contribution in [0.3, 0.4) is 0 Å². The second-order valence-electron chi connectivity index (χ2n) is 4.85. The van der Waals surface area contributed by atoms with Gasteiger partial charge in [-0.3, -0.25) is 4.90 Å². The van der Waals surface area contributed by atoms with Crippen LogP contribution in [0, 0.1) is 5.92 Å². The topological polar surface area (TPSA) is 15.7 Å². The van der Waals surface area contributed by atoms with Crippen molar-refractivity contribution in [3.8, 4) is 0 Å². The Balaban J connectivity index is 1.77. The molecule has 0 bridgehead atoms. The molecule has 0 aromatic rings. The van der Waals surface area contributed by atoms with E-state index in [1.165, 1.54) is 26.1 Å². The van der Waals surface area contributed by atoms with Gasteiger partial charge in [-0.25, -0.2) is 0 Å². The van der Waals surface area contributed by atoms with Crippen LogP contribution >= 0.6 is 11.6 Å². The molecule has 0 amide bonds. The normalized spacial score (nSPS) is 35.6. The summed E-state index contributed by atoms with van der Waals surface area (Å²) in [5, 5.41) is 0.173. The summed E-state index contributed by atoms with van der Waals surface area (Å²) in [4.78, 5) is 4.88. The average molecular weight is 233 g/mol. The minimum atomic E-state index is 0.173. The Bertz CT molecular complexity index is 203. The van der Waals surface area contributed by atoms with Crippen LogP contribution in [0.15, 0.2) is 0 Å². The van der Waals surface area contributed by atoms with Gasteiger partial charge in [0.25, 0.3) is 0 Å². The second-order valence-corrected chi connectivity index (χ2v) is 5.47. The molecule has 0 aromatic carbocycles. The maximum Gasteiger partial charge on any atom is 0.0696 e. The van der Waals surface area contributed by atoms with E-state index in [0.29, 0.717) is 6.61 Å². The molecular weight excluding hydrogens is 212 g/mol. The van der Waals surface area contributed by atoms with Gasteiger partial charge in [0.2, 0.25) is 0 Å². The lowest BCUT2D eigenvalue weighted by Crippen LogP contribution is -2.35. The fourth-order valence-corrected chi connectivity index (χ4v) is 2.82. The van der Waals surface area contributed by atoms with E-state index >= 15 is 0 Å². The summed E-state index contributed by atoms with van der Waals surface area (Å²) in [7, 11) is 2.20. The van der Waals surface area contributed by atoms with Gasteiger partial charge < -0.3 is 9.64 Å². The fourth-order valence-electron chi connectivity index (χ4n) is 2.54. The lowest BCUT2D eigenvalue weighted by atomic mass is 10.1. The predicted octanol–water partition coefficient (Wildman–Crippen LogP) is 0.878. The van der Waals surface area contributed by atoms with Crippen LogP contribution in [0.2, 0.25) is 0 Å². The molecule has 2 rings (SSSR count). The first-order valence-electron chi connectivity index (χ1n) is 5.87. The van der Waals surface area contributed by atoms with Crippen molar-refractivity contribution in [1.29, 1.82) is 0 Å². The maximum atomic E-state index is 6.15. The summed E-state index contributed by atoms with van der Waals surface area (Å²) < 4.78 is 5.44. The van der Waals surface area contributed by atoms with Gasteiger partial charge in [0, 0.05) is 26.2 Å². The molecule has 4 heteroatoms. The molecule has 2 aliphatic heterocycles. The Labute approximate surface area is 97.3 Å². The monoisotopic (exact) mass is 232 g/mol. The van der Waals surface area contributed by atoms with Gasteiger partial charge in [0.1, 0.15) is 0 Å². The van der Waals surface area contributed by atoms with Gasteiger partial charge in [-0.05, 0) is 25.9 Å². The zero-order chi connectivity index (χ0) is 10.7. The highest BCUT2D eigenvalue weighted by molar-refractivity contribution is 6.20. The zero-order valence-electron chi connectivity index (χ0n) is 9.49. The molecule has 0 radical (unpaired) electrons. The number of hydrogen-bond donors (Lipinski definition) is 0. The van der Waals surface area contributed by atoms with E-state index in [9.17, 15) is 0 Å². The van der Waals surface area contributed by atoms with Crippen LogP contribution in [-0.2, 0) is 4.74 Å². The second kappa shape index (κ2) is 5.48. The molecule has 2 atom stereocenters. The van der Waals surface area contributed by atoms with Crippen molar-refractivity contribution in [3.63, 3.8) is 0 Å². The van der Waals surface area contributed by atoms with Gasteiger partial charge in [-0.1, -0.05) is 0 Å². The number of halogens is 1. The van der Waals surface area contributed by atoms with E-state index in [-0.39, 0.29) is 5.38 Å². The molecule has 3 nitrogen and oxygen atoms in total. The summed E-state index contributed by atoms with van der Waals surface area (Å²) in [6.45, 7) is 7.26. The van der Waals surface area contributed by atoms with Crippen LogP contribution in [-0.4, -0.2) is 68.2 Å². The van der Waals surface area contributed by atoms with Gasteiger partial charge in [-0.15, -0.1) is 11.6 Å². The van der Waals surface area contributed by atoms with Gasteiger partial charge in [-0.2, -0.15) is 0 Å². The van der Waals surface area contributed by atoms with E-state index in [1.807, 2.05) is 0 Å². The number of rotatable bonds is 2. The first-order chi connectivity index (χ1) is 7.24. The third-order valence-corrected chi connectivity index (χ3v) is 3.58. The highest BCUT2D eigenvalue weighted by Gasteiger charge is 2.24. The molecular formula is C11H21ClN2O. The van der Waals surface area contributed by atoms with Crippen LogP contribution in [0.5, 0.6) is 0 Å². The summed E-state index contributed by atoms with van der Waals surface area (Å²) in [5.74, 6) is 0.831. The van der Waals surface area contributed by atoms with Crippen LogP contribution in [0.25, 0.3) is 0 Å². The van der Waals surface area contributed by atoms with Crippen molar-refractivity contribution >= 4 is 11.6 Å². The molecule has 2 heterocycles. The van der Waals surface area contributed by atoms with Crippen LogP contribution < -0.4 is 0 Å². The van der Waals surface area contributed by atoms with Crippen molar-refractivity contribution in [1.82, 2.24) is 9.80 Å². The summed E-state index contributed by atoms with van der Waals surface area (Å²) in [5.41, 5.74) is 0. The molecule has 2 unspecified atom stereocenters. The summed E-state index contributed by atoms with van der Waals surface area (Å²) in [6, 6.07) is 0. The summed E-state index contributed by atoms with van der Waals surface area (Å²) in [6.07, 6.45) is 1.33. The molecule has 2 aliphatic rings. The standard InChI is InChI=1S/C11H21ClN2O/c1-13-3-2-10(6-13)7-14-4-5-15-9-11(12)8-14/h10-11H,2-9H2,1H3. The Kier molecular flexibility index (Phi) is 4.26. The van der Waals surface area contributed by atoms with E-state index in [4.69, 9.17) is 16.3 Å². The van der Waals surface area contributed by atoms with Crippen molar-refractivity contribution in [2.75, 3.05) is 53.0 Å². The Morgan fingerprint density at radius 1 is 1.33 bits per heavy atom. The minimum Gasteiger partial charge on any atom is -0.379 e. The summed E-state index contributed by atoms with van der Waals surface area (Å²) >= 11 is 6.15. The molecule has 0 aromatic heterocycles. The van der Waals surface area contributed by atoms with Gasteiger partial charge in [0.15, 0.2) is 0 Å². The lowest BCUT2D eigenvalue weighted by Gasteiger charge is -2.24. The molecule has 0 aliphatic carbocycles. The Hall–Kier alpha value is 0.170. The smallest absolute Gasteiger partial charge is 0.0696 e. The van der Waals surface area contributed by atoms with Crippen LogP contribution in [0.4, 0.5) is 0 Å². The number of nitrogens with zero attached hydrogens (tertiary/aromatic N) is 2. The third kappa shape index (κ3) is 3.59. The predicted molar refractivity (Wildman–Crippen MR) is 62.5 cm³/mol. The number of likely N-dealkylation sites (tertiary alicyclic amines) is 1. The molecule has 0 saturated carbocycles. The van der Waals surface area contributed by atoms with E-state index < -0.39 is 0 Å². The first-order valence-corrected chi connectivity index (χ1v) is 6.30. The number of hydrogen-bond acceptors (Lipinski definition) is 3. The highest BCUT2D eigenvalue weighted by Crippen LogP contribution is 2.17. The highest BCUT2D eigenvalue weighted by atomic mass is 35.5. The molecule has 15 heavy (non-hydrogen) atoms. The molecule has 0 N–H and O–H groups in total. The largest absolute Gasteiger partial charge is 0.379 e. The Morgan fingerprint density at radius 3 is 2.93 bits per heavy atom. The maximum absolute atomic E-state index is 6.15. The van der Waals surface area contributed by atoms with E-state index in [0.717, 1.165) is 25.6 Å². The minimum absolute atomic E-state index is 0.173. The quantitative estimate of drug-likeness (QED) is 0.658. The molecule has 88 valence electrons. The molecule has 2 saturated heterocycles. The van der Waals surface area contributed by atoms with Crippen LogP contribution in [0.1, 0.15) is 6.42 Å².